The fourth-order valence-corrected chi connectivity index (χ4v) is 3.29. The number of hydrogen-bond acceptors (Lipinski definition) is 4. The van der Waals surface area contributed by atoms with Crippen LogP contribution in [0.25, 0.3) is 11.4 Å². The van der Waals surface area contributed by atoms with Crippen molar-refractivity contribution in [2.24, 2.45) is 0 Å². The molecule has 0 aliphatic heterocycles. The lowest BCUT2D eigenvalue weighted by Gasteiger charge is -2.14. The number of H-pyrrole nitrogens is 1. The molecule has 1 heterocycles. The van der Waals surface area contributed by atoms with E-state index in [1.54, 1.807) is 6.92 Å². The van der Waals surface area contributed by atoms with Crippen molar-refractivity contribution >= 4 is 17.7 Å². The summed E-state index contributed by atoms with van der Waals surface area (Å²) < 4.78 is 26.8. The second-order valence-corrected chi connectivity index (χ2v) is 7.20. The van der Waals surface area contributed by atoms with Gasteiger partial charge in [0, 0.05) is 17.2 Å². The lowest BCUT2D eigenvalue weighted by atomic mass is 10.1. The molecule has 8 heteroatoms. The first-order valence-electron chi connectivity index (χ1n) is 8.85. The van der Waals surface area contributed by atoms with E-state index < -0.39 is 17.7 Å². The largest absolute Gasteiger partial charge is 0.349 e. The van der Waals surface area contributed by atoms with E-state index in [2.05, 4.69) is 27.4 Å². The summed E-state index contributed by atoms with van der Waals surface area (Å²) in [6.45, 7) is 3.73. The number of carbonyl (C=O) groups excluding carboxylic acids is 1. The van der Waals surface area contributed by atoms with Gasteiger partial charge in [-0.05, 0) is 25.0 Å². The van der Waals surface area contributed by atoms with Crippen LogP contribution in [0.5, 0.6) is 0 Å². The molecule has 0 saturated carbocycles. The molecule has 1 atom stereocenters. The van der Waals surface area contributed by atoms with Gasteiger partial charge in [-0.25, -0.2) is 13.8 Å². The fraction of sp³-hybridized carbons (Fsp3) is 0.250. The van der Waals surface area contributed by atoms with Crippen LogP contribution in [0, 0.1) is 11.6 Å². The third-order valence-corrected chi connectivity index (χ3v) is 5.09. The summed E-state index contributed by atoms with van der Waals surface area (Å²) in [6, 6.07) is 10.7. The van der Waals surface area contributed by atoms with Crippen LogP contribution in [0.1, 0.15) is 31.0 Å². The number of benzene rings is 2. The summed E-state index contributed by atoms with van der Waals surface area (Å²) in [4.78, 5) is 16.5. The van der Waals surface area contributed by atoms with E-state index in [-0.39, 0.29) is 17.2 Å². The van der Waals surface area contributed by atoms with E-state index in [0.717, 1.165) is 24.1 Å². The van der Waals surface area contributed by atoms with Gasteiger partial charge in [-0.3, -0.25) is 9.89 Å². The van der Waals surface area contributed by atoms with E-state index in [0.29, 0.717) is 11.0 Å². The predicted octanol–water partition coefficient (Wildman–Crippen LogP) is 4.28. The molecule has 2 aromatic carbocycles. The molecule has 3 aromatic rings. The molecule has 0 saturated heterocycles. The van der Waals surface area contributed by atoms with Crippen molar-refractivity contribution < 1.29 is 13.6 Å². The van der Waals surface area contributed by atoms with E-state index in [1.165, 1.54) is 23.4 Å². The minimum atomic E-state index is -0.687. The highest BCUT2D eigenvalue weighted by Gasteiger charge is 2.15. The number of aromatic nitrogens is 3. The topological polar surface area (TPSA) is 70.7 Å². The van der Waals surface area contributed by atoms with E-state index in [1.807, 2.05) is 24.3 Å². The number of halogens is 2. The van der Waals surface area contributed by atoms with Gasteiger partial charge in [0.05, 0.1) is 11.8 Å². The lowest BCUT2D eigenvalue weighted by molar-refractivity contribution is -0.119. The van der Waals surface area contributed by atoms with Gasteiger partial charge < -0.3 is 5.32 Å². The molecule has 146 valence electrons. The summed E-state index contributed by atoms with van der Waals surface area (Å²) >= 11 is 1.18. The molecule has 0 aliphatic rings. The van der Waals surface area contributed by atoms with Crippen LogP contribution < -0.4 is 5.32 Å². The molecule has 0 spiro atoms. The molecule has 1 amide bonds. The number of nitrogens with zero attached hydrogens (tertiary/aromatic N) is 2. The van der Waals surface area contributed by atoms with Gasteiger partial charge in [-0.15, -0.1) is 5.10 Å². The molecule has 0 bridgehead atoms. The first-order valence-corrected chi connectivity index (χ1v) is 9.83. The van der Waals surface area contributed by atoms with Crippen LogP contribution in [0.4, 0.5) is 8.78 Å². The van der Waals surface area contributed by atoms with Gasteiger partial charge in [-0.2, -0.15) is 0 Å². The predicted molar refractivity (Wildman–Crippen MR) is 105 cm³/mol. The summed E-state index contributed by atoms with van der Waals surface area (Å²) in [5.74, 6) is -0.917. The van der Waals surface area contributed by atoms with Crippen molar-refractivity contribution in [3.63, 3.8) is 0 Å². The minimum Gasteiger partial charge on any atom is -0.349 e. The number of hydrogen-bond donors (Lipinski definition) is 2. The van der Waals surface area contributed by atoms with Crippen molar-refractivity contribution in [3.8, 4) is 11.4 Å². The first kappa shape index (κ1) is 20.0. The second-order valence-electron chi connectivity index (χ2n) is 6.26. The third kappa shape index (κ3) is 4.95. The number of rotatable bonds is 7. The summed E-state index contributed by atoms with van der Waals surface area (Å²) in [6.07, 6.45) is 0.965. The summed E-state index contributed by atoms with van der Waals surface area (Å²) in [5, 5.41) is 10.1. The molecule has 0 aliphatic carbocycles. The monoisotopic (exact) mass is 402 g/mol. The Balaban J connectivity index is 1.55. The highest BCUT2D eigenvalue weighted by molar-refractivity contribution is 7.99. The quantitative estimate of drug-likeness (QED) is 0.579. The molecule has 0 radical (unpaired) electrons. The molecule has 0 unspecified atom stereocenters. The Morgan fingerprint density at radius 2 is 1.96 bits per heavy atom. The Morgan fingerprint density at radius 3 is 2.64 bits per heavy atom. The van der Waals surface area contributed by atoms with Crippen molar-refractivity contribution in [1.82, 2.24) is 20.5 Å². The minimum absolute atomic E-state index is 0.0826. The Kier molecular flexibility index (Phi) is 6.41. The number of thioether (sulfide) groups is 1. The summed E-state index contributed by atoms with van der Waals surface area (Å²) in [5.41, 5.74) is 2.39. The number of carbonyl (C=O) groups is 1. The average Bonchev–Trinajstić information content (AvgIpc) is 3.15. The SMILES string of the molecule is CCc1ccc(-c2nc(SCC(=O)N[C@@H](C)c3ccc(F)cc3F)n[nH]2)cc1. The van der Waals surface area contributed by atoms with Gasteiger partial charge in [0.25, 0.3) is 0 Å². The van der Waals surface area contributed by atoms with E-state index in [9.17, 15) is 13.6 Å². The fourth-order valence-electron chi connectivity index (χ4n) is 2.68. The zero-order valence-electron chi connectivity index (χ0n) is 15.5. The Hall–Kier alpha value is -2.74. The normalized spacial score (nSPS) is 12.0. The smallest absolute Gasteiger partial charge is 0.230 e. The number of aryl methyl sites for hydroxylation is 1. The molecule has 2 N–H and O–H groups in total. The van der Waals surface area contributed by atoms with Crippen LogP contribution in [-0.4, -0.2) is 26.8 Å². The zero-order chi connectivity index (χ0) is 20.1. The van der Waals surface area contributed by atoms with Gasteiger partial charge in [-0.1, -0.05) is 49.0 Å². The van der Waals surface area contributed by atoms with Crippen LogP contribution >= 0.6 is 11.8 Å². The van der Waals surface area contributed by atoms with Gasteiger partial charge in [0.2, 0.25) is 11.1 Å². The molecule has 0 fully saturated rings. The first-order chi connectivity index (χ1) is 13.5. The van der Waals surface area contributed by atoms with Crippen LogP contribution in [0.2, 0.25) is 0 Å². The Bertz CT molecular complexity index is 959. The van der Waals surface area contributed by atoms with E-state index >= 15 is 0 Å². The maximum Gasteiger partial charge on any atom is 0.230 e. The molecule has 5 nitrogen and oxygen atoms in total. The average molecular weight is 402 g/mol. The van der Waals surface area contributed by atoms with Crippen molar-refractivity contribution in [2.75, 3.05) is 5.75 Å². The Labute approximate surface area is 166 Å². The van der Waals surface area contributed by atoms with Gasteiger partial charge in [0.1, 0.15) is 11.6 Å². The molecule has 1 aromatic heterocycles. The highest BCUT2D eigenvalue weighted by Crippen LogP contribution is 2.21. The second kappa shape index (κ2) is 8.97. The number of nitrogens with one attached hydrogen (secondary N) is 2. The molecular weight excluding hydrogens is 382 g/mol. The maximum atomic E-state index is 13.8. The van der Waals surface area contributed by atoms with Gasteiger partial charge >= 0.3 is 0 Å². The van der Waals surface area contributed by atoms with Crippen LogP contribution in [0.3, 0.4) is 0 Å². The Morgan fingerprint density at radius 1 is 1.21 bits per heavy atom. The zero-order valence-corrected chi connectivity index (χ0v) is 16.3. The maximum absolute atomic E-state index is 13.8. The van der Waals surface area contributed by atoms with E-state index in [4.69, 9.17) is 0 Å². The number of amides is 1. The van der Waals surface area contributed by atoms with Crippen molar-refractivity contribution in [3.05, 3.63) is 65.2 Å². The van der Waals surface area contributed by atoms with Gasteiger partial charge in [0.15, 0.2) is 5.82 Å². The molecule has 28 heavy (non-hydrogen) atoms. The van der Waals surface area contributed by atoms with Crippen molar-refractivity contribution in [1.29, 1.82) is 0 Å². The van der Waals surface area contributed by atoms with Crippen LogP contribution in [0.15, 0.2) is 47.6 Å². The van der Waals surface area contributed by atoms with Crippen LogP contribution in [-0.2, 0) is 11.2 Å². The highest BCUT2D eigenvalue weighted by atomic mass is 32.2. The third-order valence-electron chi connectivity index (χ3n) is 4.24. The number of aromatic amines is 1. The van der Waals surface area contributed by atoms with Crippen molar-refractivity contribution in [2.45, 2.75) is 31.5 Å². The molecule has 3 rings (SSSR count). The molecular formula is C20H20F2N4OS. The summed E-state index contributed by atoms with van der Waals surface area (Å²) in [7, 11) is 0. The lowest BCUT2D eigenvalue weighted by Crippen LogP contribution is -2.28. The standard InChI is InChI=1S/C20H20F2N4OS/c1-3-13-4-6-14(7-5-13)19-24-20(26-25-19)28-11-18(27)23-12(2)16-9-8-15(21)10-17(16)22/h4-10,12H,3,11H2,1-2H3,(H,23,27)(H,24,25,26)/t12-/m0/s1.